The molecule has 2 amide bonds. The molecule has 0 aromatic heterocycles. The maximum Gasteiger partial charge on any atom is 0.406 e. The Bertz CT molecular complexity index is 604. The highest BCUT2D eigenvalue weighted by molar-refractivity contribution is 5.82. The number of nitrogens with zero attached hydrogens (tertiary/aromatic N) is 1. The van der Waals surface area contributed by atoms with Crippen LogP contribution >= 0.6 is 0 Å². The molecular formula is C16H19F3N2O3. The second-order valence-electron chi connectivity index (χ2n) is 5.71. The minimum atomic E-state index is -4.43. The van der Waals surface area contributed by atoms with E-state index < -0.39 is 24.7 Å². The van der Waals surface area contributed by atoms with Crippen molar-refractivity contribution in [2.75, 3.05) is 20.2 Å². The Hall–Kier alpha value is -2.25. The molecule has 1 aliphatic rings. The molecule has 1 atom stereocenters. The summed E-state index contributed by atoms with van der Waals surface area (Å²) in [6.45, 7) is -1.38. The zero-order chi connectivity index (χ0) is 17.7. The lowest BCUT2D eigenvalue weighted by molar-refractivity contribution is -0.157. The molecule has 132 valence electrons. The molecule has 0 spiro atoms. The van der Waals surface area contributed by atoms with Crippen LogP contribution in [0.5, 0.6) is 5.75 Å². The van der Waals surface area contributed by atoms with Gasteiger partial charge in [-0.25, -0.2) is 0 Å². The van der Waals surface area contributed by atoms with Gasteiger partial charge >= 0.3 is 6.18 Å². The van der Waals surface area contributed by atoms with E-state index in [1.807, 2.05) is 18.2 Å². The predicted octanol–water partition coefficient (Wildman–Crippen LogP) is 1.91. The van der Waals surface area contributed by atoms with E-state index in [4.69, 9.17) is 4.74 Å². The van der Waals surface area contributed by atoms with Gasteiger partial charge in [-0.3, -0.25) is 9.59 Å². The van der Waals surface area contributed by atoms with Crippen molar-refractivity contribution in [2.24, 2.45) is 0 Å². The van der Waals surface area contributed by atoms with Gasteiger partial charge in [-0.1, -0.05) is 12.1 Å². The van der Waals surface area contributed by atoms with E-state index in [0.717, 1.165) is 10.5 Å². The lowest BCUT2D eigenvalue weighted by Gasteiger charge is -2.18. The molecule has 24 heavy (non-hydrogen) atoms. The maximum atomic E-state index is 12.3. The number of hydrogen-bond donors (Lipinski definition) is 1. The number of halogens is 3. The van der Waals surface area contributed by atoms with Gasteiger partial charge < -0.3 is 15.0 Å². The molecule has 0 saturated carbocycles. The van der Waals surface area contributed by atoms with Crippen LogP contribution in [-0.2, 0) is 16.0 Å². The van der Waals surface area contributed by atoms with E-state index in [1.54, 1.807) is 13.2 Å². The van der Waals surface area contributed by atoms with Gasteiger partial charge in [-0.05, 0) is 24.1 Å². The molecular weight excluding hydrogens is 325 g/mol. The number of alkyl halides is 3. The topological polar surface area (TPSA) is 58.6 Å². The van der Waals surface area contributed by atoms with Crippen LogP contribution in [0, 0.1) is 0 Å². The third kappa shape index (κ3) is 5.43. The van der Waals surface area contributed by atoms with E-state index in [-0.39, 0.29) is 25.3 Å². The first-order chi connectivity index (χ1) is 11.3. The summed E-state index contributed by atoms with van der Waals surface area (Å²) in [5.74, 6) is -0.188. The first kappa shape index (κ1) is 18.1. The Kier molecular flexibility index (Phi) is 5.69. The van der Waals surface area contributed by atoms with Gasteiger partial charge in [-0.15, -0.1) is 0 Å². The largest absolute Gasteiger partial charge is 0.497 e. The highest BCUT2D eigenvalue weighted by Gasteiger charge is 2.38. The minimum Gasteiger partial charge on any atom is -0.497 e. The summed E-state index contributed by atoms with van der Waals surface area (Å²) in [5.41, 5.74) is 0.922. The first-order valence-electron chi connectivity index (χ1n) is 7.53. The molecule has 8 heteroatoms. The zero-order valence-corrected chi connectivity index (χ0v) is 13.2. The minimum absolute atomic E-state index is 0.0963. The Balaban J connectivity index is 1.79. The average Bonchev–Trinajstić information content (AvgIpc) is 2.83. The van der Waals surface area contributed by atoms with Gasteiger partial charge in [0, 0.05) is 19.4 Å². The van der Waals surface area contributed by atoms with Crippen molar-refractivity contribution >= 4 is 11.8 Å². The quantitative estimate of drug-likeness (QED) is 0.858. The highest BCUT2D eigenvalue weighted by Crippen LogP contribution is 2.21. The van der Waals surface area contributed by atoms with E-state index in [1.165, 1.54) is 0 Å². The maximum absolute atomic E-state index is 12.3. The number of rotatable bonds is 6. The van der Waals surface area contributed by atoms with Crippen LogP contribution in [0.25, 0.3) is 0 Å². The average molecular weight is 344 g/mol. The van der Waals surface area contributed by atoms with Gasteiger partial charge in [0.05, 0.1) is 13.2 Å². The van der Waals surface area contributed by atoms with Crippen molar-refractivity contribution < 1.29 is 27.5 Å². The number of ether oxygens (including phenoxy) is 1. The number of carbonyl (C=O) groups excluding carboxylic acids is 2. The van der Waals surface area contributed by atoms with Crippen LogP contribution in [-0.4, -0.2) is 49.1 Å². The van der Waals surface area contributed by atoms with Crippen LogP contribution in [0.1, 0.15) is 18.4 Å². The lowest BCUT2D eigenvalue weighted by Crippen LogP contribution is -2.39. The molecule has 0 aliphatic carbocycles. The van der Waals surface area contributed by atoms with E-state index in [9.17, 15) is 22.8 Å². The fraction of sp³-hybridized carbons (Fsp3) is 0.500. The van der Waals surface area contributed by atoms with Crippen LogP contribution in [0.2, 0.25) is 0 Å². The van der Waals surface area contributed by atoms with Crippen LogP contribution in [0.3, 0.4) is 0 Å². The van der Waals surface area contributed by atoms with Gasteiger partial charge in [0.1, 0.15) is 12.3 Å². The van der Waals surface area contributed by atoms with Gasteiger partial charge in [0.2, 0.25) is 11.8 Å². The molecule has 1 heterocycles. The number of hydrogen-bond acceptors (Lipinski definition) is 3. The fourth-order valence-electron chi connectivity index (χ4n) is 2.62. The van der Waals surface area contributed by atoms with Crippen molar-refractivity contribution in [3.8, 4) is 5.75 Å². The van der Waals surface area contributed by atoms with Crippen molar-refractivity contribution in [1.29, 1.82) is 0 Å². The monoisotopic (exact) mass is 344 g/mol. The Morgan fingerprint density at radius 1 is 1.42 bits per heavy atom. The predicted molar refractivity (Wildman–Crippen MR) is 80.5 cm³/mol. The number of methoxy groups -OCH3 is 1. The normalized spacial score (nSPS) is 17.9. The SMILES string of the molecule is COc1cccc(CCC(=O)N[C@@H]2CC(=O)N(CC(F)(F)F)C2)c1. The van der Waals surface area contributed by atoms with E-state index in [0.29, 0.717) is 12.2 Å². The number of benzene rings is 1. The Morgan fingerprint density at radius 2 is 2.17 bits per heavy atom. The van der Waals surface area contributed by atoms with Crippen LogP contribution < -0.4 is 10.1 Å². The molecule has 1 aromatic rings. The molecule has 1 N–H and O–H groups in total. The van der Waals surface area contributed by atoms with E-state index >= 15 is 0 Å². The smallest absolute Gasteiger partial charge is 0.406 e. The molecule has 2 rings (SSSR count). The van der Waals surface area contributed by atoms with Crippen LogP contribution in [0.15, 0.2) is 24.3 Å². The Labute approximate surface area is 137 Å². The molecule has 1 fully saturated rings. The standard InChI is InChI=1S/C16H19F3N2O3/c1-24-13-4-2-3-11(7-13)5-6-14(22)20-12-8-15(23)21(9-12)10-16(17,18)19/h2-4,7,12H,5-6,8-10H2,1H3,(H,20,22)/t12-/m1/s1. The summed E-state index contributed by atoms with van der Waals surface area (Å²) >= 11 is 0. The summed E-state index contributed by atoms with van der Waals surface area (Å²) in [6, 6.07) is 6.72. The molecule has 0 unspecified atom stereocenters. The van der Waals surface area contributed by atoms with Gasteiger partial charge in [-0.2, -0.15) is 13.2 Å². The number of nitrogens with one attached hydrogen (secondary N) is 1. The summed E-state index contributed by atoms with van der Waals surface area (Å²) in [7, 11) is 1.55. The zero-order valence-electron chi connectivity index (χ0n) is 13.2. The van der Waals surface area contributed by atoms with Crippen molar-refractivity contribution in [2.45, 2.75) is 31.5 Å². The van der Waals surface area contributed by atoms with Gasteiger partial charge in [0.25, 0.3) is 0 Å². The van der Waals surface area contributed by atoms with Crippen molar-refractivity contribution in [3.05, 3.63) is 29.8 Å². The Morgan fingerprint density at radius 3 is 2.83 bits per heavy atom. The summed E-state index contributed by atoms with van der Waals surface area (Å²) in [6.07, 6.45) is -3.85. The summed E-state index contributed by atoms with van der Waals surface area (Å²) < 4.78 is 42.1. The number of carbonyl (C=O) groups is 2. The molecule has 5 nitrogen and oxygen atoms in total. The number of amides is 2. The first-order valence-corrected chi connectivity index (χ1v) is 7.53. The third-order valence-corrected chi connectivity index (χ3v) is 3.72. The highest BCUT2D eigenvalue weighted by atomic mass is 19.4. The molecule has 0 bridgehead atoms. The van der Waals surface area contributed by atoms with Crippen molar-refractivity contribution in [3.63, 3.8) is 0 Å². The lowest BCUT2D eigenvalue weighted by atomic mass is 10.1. The number of aryl methyl sites for hydroxylation is 1. The second-order valence-corrected chi connectivity index (χ2v) is 5.71. The van der Waals surface area contributed by atoms with Crippen molar-refractivity contribution in [1.82, 2.24) is 10.2 Å². The second kappa shape index (κ2) is 7.55. The van der Waals surface area contributed by atoms with Crippen LogP contribution in [0.4, 0.5) is 13.2 Å². The fourth-order valence-corrected chi connectivity index (χ4v) is 2.62. The van der Waals surface area contributed by atoms with Gasteiger partial charge in [0.15, 0.2) is 0 Å². The molecule has 1 aliphatic heterocycles. The summed E-state index contributed by atoms with van der Waals surface area (Å²) in [4.78, 5) is 24.2. The molecule has 1 saturated heterocycles. The number of likely N-dealkylation sites (tertiary alicyclic amines) is 1. The third-order valence-electron chi connectivity index (χ3n) is 3.72. The van der Waals surface area contributed by atoms with E-state index in [2.05, 4.69) is 5.32 Å². The molecule has 1 aromatic carbocycles. The summed E-state index contributed by atoms with van der Waals surface area (Å²) in [5, 5.41) is 2.62. The molecule has 0 radical (unpaired) electrons.